The predicted molar refractivity (Wildman–Crippen MR) is 75.9 cm³/mol. The lowest BCUT2D eigenvalue weighted by Gasteiger charge is -2.26. The predicted octanol–water partition coefficient (Wildman–Crippen LogP) is 3.63. The van der Waals surface area contributed by atoms with E-state index in [9.17, 15) is 9.90 Å². The van der Waals surface area contributed by atoms with Crippen molar-refractivity contribution in [2.24, 2.45) is 5.92 Å². The molecule has 1 N–H and O–H groups in total. The van der Waals surface area contributed by atoms with Crippen molar-refractivity contribution >= 4 is 16.6 Å². The number of aliphatic hydroxyl groups is 1. The summed E-state index contributed by atoms with van der Waals surface area (Å²) in [5.74, 6) is -0.00811. The Bertz CT molecular complexity index is 598. The second-order valence-electron chi connectivity index (χ2n) is 5.33. The summed E-state index contributed by atoms with van der Waals surface area (Å²) in [7, 11) is 0. The minimum absolute atomic E-state index is 0.215. The lowest BCUT2D eigenvalue weighted by Crippen LogP contribution is -2.25. The van der Waals surface area contributed by atoms with E-state index in [0.29, 0.717) is 6.42 Å². The van der Waals surface area contributed by atoms with E-state index < -0.39 is 6.10 Å². The van der Waals surface area contributed by atoms with E-state index in [1.807, 2.05) is 42.5 Å². The largest absolute Gasteiger partial charge is 0.388 e. The summed E-state index contributed by atoms with van der Waals surface area (Å²) in [6.45, 7) is 0. The molecule has 2 atom stereocenters. The fraction of sp³-hybridized carbons (Fsp3) is 0.353. The number of carbonyl (C=O) groups is 1. The summed E-state index contributed by atoms with van der Waals surface area (Å²) < 4.78 is 0. The average Bonchev–Trinajstić information content (AvgIpc) is 2.46. The van der Waals surface area contributed by atoms with Crippen molar-refractivity contribution in [1.82, 2.24) is 0 Å². The summed E-state index contributed by atoms with van der Waals surface area (Å²) >= 11 is 0. The molecule has 0 spiro atoms. The maximum atomic E-state index is 12.0. The zero-order valence-electron chi connectivity index (χ0n) is 10.9. The molecule has 19 heavy (non-hydrogen) atoms. The maximum absolute atomic E-state index is 12.0. The van der Waals surface area contributed by atoms with Gasteiger partial charge in [-0.25, -0.2) is 0 Å². The van der Waals surface area contributed by atoms with Crippen LogP contribution in [0.5, 0.6) is 0 Å². The van der Waals surface area contributed by atoms with E-state index in [1.54, 1.807) is 0 Å². The van der Waals surface area contributed by atoms with Gasteiger partial charge < -0.3 is 5.11 Å². The van der Waals surface area contributed by atoms with Gasteiger partial charge in [0.25, 0.3) is 0 Å². The zero-order chi connectivity index (χ0) is 13.2. The van der Waals surface area contributed by atoms with Gasteiger partial charge in [-0.15, -0.1) is 0 Å². The number of fused-ring (bicyclic) bond motifs is 1. The van der Waals surface area contributed by atoms with Gasteiger partial charge in [0.2, 0.25) is 0 Å². The van der Waals surface area contributed by atoms with Gasteiger partial charge in [0.15, 0.2) is 0 Å². The molecule has 2 heteroatoms. The maximum Gasteiger partial charge on any atom is 0.138 e. The molecule has 2 aromatic carbocycles. The van der Waals surface area contributed by atoms with Crippen molar-refractivity contribution in [2.75, 3.05) is 0 Å². The van der Waals surface area contributed by atoms with Crippen LogP contribution in [-0.4, -0.2) is 10.9 Å². The number of carbonyl (C=O) groups excluding carboxylic acids is 1. The summed E-state index contributed by atoms with van der Waals surface area (Å²) in [6, 6.07) is 13.9. The van der Waals surface area contributed by atoms with Crippen LogP contribution in [0.15, 0.2) is 42.5 Å². The minimum atomic E-state index is -0.668. The standard InChI is InChI=1S/C17H18O2/c18-16-11-4-3-9-15(16)17(19)14-10-5-7-12-6-1-2-8-13(12)14/h1-2,5-8,10,15,17,19H,3-4,9,11H2/t15-,17+/m0/s1. The molecule has 1 saturated carbocycles. The van der Waals surface area contributed by atoms with Crippen molar-refractivity contribution in [2.45, 2.75) is 31.8 Å². The topological polar surface area (TPSA) is 37.3 Å². The number of benzene rings is 2. The summed E-state index contributed by atoms with van der Waals surface area (Å²) in [6.07, 6.45) is 2.77. The van der Waals surface area contributed by atoms with Gasteiger partial charge in [-0.2, -0.15) is 0 Å². The van der Waals surface area contributed by atoms with E-state index >= 15 is 0 Å². The molecule has 0 heterocycles. The third-order valence-electron chi connectivity index (χ3n) is 4.13. The fourth-order valence-corrected chi connectivity index (χ4v) is 3.07. The quantitative estimate of drug-likeness (QED) is 0.888. The second kappa shape index (κ2) is 5.14. The number of hydrogen-bond donors (Lipinski definition) is 1. The average molecular weight is 254 g/mol. The Morgan fingerprint density at radius 2 is 1.84 bits per heavy atom. The molecule has 0 amide bonds. The Kier molecular flexibility index (Phi) is 3.34. The Balaban J connectivity index is 2.01. The highest BCUT2D eigenvalue weighted by molar-refractivity contribution is 5.88. The van der Waals surface area contributed by atoms with Gasteiger partial charge in [0.1, 0.15) is 5.78 Å². The SMILES string of the molecule is O=C1CCCC[C@@H]1[C@H](O)c1cccc2ccccc12. The summed E-state index contributed by atoms with van der Waals surface area (Å²) in [4.78, 5) is 12.0. The molecule has 0 bridgehead atoms. The molecule has 0 radical (unpaired) electrons. The summed E-state index contributed by atoms with van der Waals surface area (Å²) in [5, 5.41) is 12.8. The van der Waals surface area contributed by atoms with Crippen LogP contribution in [0.25, 0.3) is 10.8 Å². The van der Waals surface area contributed by atoms with E-state index in [1.165, 1.54) is 0 Å². The Morgan fingerprint density at radius 1 is 1.05 bits per heavy atom. The highest BCUT2D eigenvalue weighted by Crippen LogP contribution is 2.35. The fourth-order valence-electron chi connectivity index (χ4n) is 3.07. The lowest BCUT2D eigenvalue weighted by atomic mass is 9.81. The molecular formula is C17H18O2. The molecule has 98 valence electrons. The smallest absolute Gasteiger partial charge is 0.138 e. The van der Waals surface area contributed by atoms with Crippen molar-refractivity contribution in [3.05, 3.63) is 48.0 Å². The van der Waals surface area contributed by atoms with Crippen LogP contribution in [0.3, 0.4) is 0 Å². The number of aliphatic hydroxyl groups excluding tert-OH is 1. The number of Topliss-reactive ketones (excluding diaryl/α,β-unsaturated/α-hetero) is 1. The van der Waals surface area contributed by atoms with E-state index in [4.69, 9.17) is 0 Å². The van der Waals surface area contributed by atoms with Gasteiger partial charge in [-0.05, 0) is 29.2 Å². The first-order valence-electron chi connectivity index (χ1n) is 6.96. The third-order valence-corrected chi connectivity index (χ3v) is 4.13. The monoisotopic (exact) mass is 254 g/mol. The van der Waals surface area contributed by atoms with Crippen molar-refractivity contribution in [1.29, 1.82) is 0 Å². The molecule has 2 nitrogen and oxygen atoms in total. The molecule has 2 aromatic rings. The van der Waals surface area contributed by atoms with Crippen molar-refractivity contribution < 1.29 is 9.90 Å². The molecule has 0 aliphatic heterocycles. The molecule has 1 aliphatic rings. The highest BCUT2D eigenvalue weighted by Gasteiger charge is 2.30. The molecular weight excluding hydrogens is 236 g/mol. The molecule has 0 aromatic heterocycles. The highest BCUT2D eigenvalue weighted by atomic mass is 16.3. The zero-order valence-corrected chi connectivity index (χ0v) is 10.9. The van der Waals surface area contributed by atoms with Crippen molar-refractivity contribution in [3.63, 3.8) is 0 Å². The number of ketones is 1. The van der Waals surface area contributed by atoms with E-state index in [0.717, 1.165) is 35.6 Å². The van der Waals surface area contributed by atoms with Crippen LogP contribution >= 0.6 is 0 Å². The molecule has 3 rings (SSSR count). The normalized spacial score (nSPS) is 21.5. The Labute approximate surface area is 113 Å². The Morgan fingerprint density at radius 3 is 2.68 bits per heavy atom. The first-order chi connectivity index (χ1) is 9.27. The van der Waals surface area contributed by atoms with Gasteiger partial charge >= 0.3 is 0 Å². The minimum Gasteiger partial charge on any atom is -0.388 e. The van der Waals surface area contributed by atoms with Crippen LogP contribution in [0.1, 0.15) is 37.4 Å². The van der Waals surface area contributed by atoms with Crippen LogP contribution in [0.4, 0.5) is 0 Å². The molecule has 0 unspecified atom stereocenters. The van der Waals surface area contributed by atoms with Crippen LogP contribution in [-0.2, 0) is 4.79 Å². The van der Waals surface area contributed by atoms with Crippen LogP contribution < -0.4 is 0 Å². The van der Waals surface area contributed by atoms with Crippen molar-refractivity contribution in [3.8, 4) is 0 Å². The number of rotatable bonds is 2. The van der Waals surface area contributed by atoms with Gasteiger partial charge in [-0.1, -0.05) is 48.9 Å². The second-order valence-corrected chi connectivity index (χ2v) is 5.33. The summed E-state index contributed by atoms with van der Waals surface area (Å²) in [5.41, 5.74) is 0.887. The molecule has 0 saturated heterocycles. The molecule has 1 aliphatic carbocycles. The van der Waals surface area contributed by atoms with E-state index in [2.05, 4.69) is 0 Å². The third kappa shape index (κ3) is 2.28. The number of hydrogen-bond acceptors (Lipinski definition) is 2. The van der Waals surface area contributed by atoms with Gasteiger partial charge in [-0.3, -0.25) is 4.79 Å². The van der Waals surface area contributed by atoms with Gasteiger partial charge in [0, 0.05) is 12.3 Å². The first-order valence-corrected chi connectivity index (χ1v) is 6.96. The van der Waals surface area contributed by atoms with Crippen LogP contribution in [0, 0.1) is 5.92 Å². The molecule has 1 fully saturated rings. The van der Waals surface area contributed by atoms with E-state index in [-0.39, 0.29) is 11.7 Å². The van der Waals surface area contributed by atoms with Crippen LogP contribution in [0.2, 0.25) is 0 Å². The van der Waals surface area contributed by atoms with Gasteiger partial charge in [0.05, 0.1) is 6.10 Å². The Hall–Kier alpha value is -1.67. The lowest BCUT2D eigenvalue weighted by molar-refractivity contribution is -0.128. The first kappa shape index (κ1) is 12.4.